The molecule has 3 aromatic rings. The molecular formula is C22H19NO8. The fraction of sp³-hybridized carbons (Fsp3) is 0.227. The second kappa shape index (κ2) is 8.02. The van der Waals surface area contributed by atoms with Gasteiger partial charge in [-0.3, -0.25) is 0 Å². The van der Waals surface area contributed by atoms with Gasteiger partial charge < -0.3 is 28.5 Å². The van der Waals surface area contributed by atoms with Gasteiger partial charge in [0.2, 0.25) is 5.89 Å². The van der Waals surface area contributed by atoms with Gasteiger partial charge in [-0.05, 0) is 31.2 Å². The number of methoxy groups -OCH3 is 1. The number of hydrogen-bond acceptors (Lipinski definition) is 8. The highest BCUT2D eigenvalue weighted by molar-refractivity contribution is 6.02. The molecule has 4 rings (SSSR count). The number of ether oxygens (including phenoxy) is 4. The van der Waals surface area contributed by atoms with Crippen LogP contribution in [0.25, 0.3) is 11.5 Å². The van der Waals surface area contributed by atoms with E-state index in [0.717, 1.165) is 18.4 Å². The number of aromatic nitrogens is 1. The van der Waals surface area contributed by atoms with Crippen molar-refractivity contribution < 1.29 is 38.1 Å². The Labute approximate surface area is 177 Å². The molecule has 9 heteroatoms. The SMILES string of the molecule is COC(=O)C1(C(=O)O)Oc2ccc(OCCc3nc(-c4ccccc4)oc3C)cc2O1. The van der Waals surface area contributed by atoms with Crippen molar-refractivity contribution in [2.45, 2.75) is 19.1 Å². The summed E-state index contributed by atoms with van der Waals surface area (Å²) in [6.45, 7) is 2.13. The lowest BCUT2D eigenvalue weighted by molar-refractivity contribution is -0.196. The van der Waals surface area contributed by atoms with Crippen molar-refractivity contribution in [3.05, 3.63) is 60.0 Å². The number of hydrogen-bond donors (Lipinski definition) is 1. The molecule has 1 aromatic heterocycles. The highest BCUT2D eigenvalue weighted by Crippen LogP contribution is 2.42. The fourth-order valence-corrected chi connectivity index (χ4v) is 3.09. The minimum atomic E-state index is -2.57. The highest BCUT2D eigenvalue weighted by atomic mass is 16.8. The quantitative estimate of drug-likeness (QED) is 0.450. The van der Waals surface area contributed by atoms with Gasteiger partial charge in [-0.25, -0.2) is 14.6 Å². The summed E-state index contributed by atoms with van der Waals surface area (Å²) in [7, 11) is 1.05. The Morgan fingerprint density at radius 1 is 1.10 bits per heavy atom. The Morgan fingerprint density at radius 2 is 1.84 bits per heavy atom. The number of oxazole rings is 1. The van der Waals surface area contributed by atoms with Crippen LogP contribution in [0.3, 0.4) is 0 Å². The Morgan fingerprint density at radius 3 is 2.55 bits per heavy atom. The average molecular weight is 425 g/mol. The van der Waals surface area contributed by atoms with E-state index in [4.69, 9.17) is 18.6 Å². The maximum Gasteiger partial charge on any atom is 0.453 e. The van der Waals surface area contributed by atoms with Crippen molar-refractivity contribution in [2.75, 3.05) is 13.7 Å². The van der Waals surface area contributed by atoms with Crippen LogP contribution in [0, 0.1) is 6.92 Å². The van der Waals surface area contributed by atoms with Crippen LogP contribution in [0.1, 0.15) is 11.5 Å². The Hall–Kier alpha value is -4.01. The molecule has 31 heavy (non-hydrogen) atoms. The van der Waals surface area contributed by atoms with Gasteiger partial charge in [0.05, 0.1) is 19.4 Å². The van der Waals surface area contributed by atoms with Crippen LogP contribution in [0.5, 0.6) is 17.2 Å². The Bertz CT molecular complexity index is 1120. The molecule has 160 valence electrons. The molecule has 0 aliphatic carbocycles. The minimum Gasteiger partial charge on any atom is -0.493 e. The summed E-state index contributed by atoms with van der Waals surface area (Å²) in [6, 6.07) is 14.1. The predicted octanol–water partition coefficient (Wildman–Crippen LogP) is 3.00. The summed E-state index contributed by atoms with van der Waals surface area (Å²) in [6.07, 6.45) is 0.498. The average Bonchev–Trinajstić information content (AvgIpc) is 3.35. The van der Waals surface area contributed by atoms with Gasteiger partial charge in [-0.1, -0.05) is 18.2 Å². The molecule has 0 spiro atoms. The van der Waals surface area contributed by atoms with E-state index in [2.05, 4.69) is 9.72 Å². The number of benzene rings is 2. The first-order chi connectivity index (χ1) is 14.9. The standard InChI is InChI=1S/C22H19NO8/c1-13-16(23-19(29-13)14-6-4-3-5-7-14)10-11-28-15-8-9-17-18(12-15)31-22(30-17,20(24)25)21(26)27-2/h3-9,12H,10-11H2,1-2H3,(H,24,25). The highest BCUT2D eigenvalue weighted by Gasteiger charge is 2.58. The lowest BCUT2D eigenvalue weighted by atomic mass is 10.2. The molecule has 1 unspecified atom stereocenters. The Balaban J connectivity index is 1.42. The maximum atomic E-state index is 11.9. The molecule has 0 saturated heterocycles. The van der Waals surface area contributed by atoms with Crippen molar-refractivity contribution >= 4 is 11.9 Å². The summed E-state index contributed by atoms with van der Waals surface area (Å²) in [5, 5.41) is 9.39. The molecule has 0 bridgehead atoms. The van der Waals surface area contributed by atoms with Crippen LogP contribution < -0.4 is 14.2 Å². The van der Waals surface area contributed by atoms with Gasteiger partial charge in [0, 0.05) is 18.1 Å². The number of fused-ring (bicyclic) bond motifs is 1. The largest absolute Gasteiger partial charge is 0.493 e. The van der Waals surface area contributed by atoms with E-state index in [1.807, 2.05) is 37.3 Å². The number of nitrogens with zero attached hydrogens (tertiary/aromatic N) is 1. The molecule has 0 amide bonds. The number of esters is 1. The van der Waals surface area contributed by atoms with Crippen molar-refractivity contribution in [1.82, 2.24) is 4.98 Å². The van der Waals surface area contributed by atoms with Crippen molar-refractivity contribution in [1.29, 1.82) is 0 Å². The van der Waals surface area contributed by atoms with E-state index < -0.39 is 17.7 Å². The number of aryl methyl sites for hydroxylation is 1. The zero-order valence-electron chi connectivity index (χ0n) is 16.8. The molecule has 2 heterocycles. The summed E-state index contributed by atoms with van der Waals surface area (Å²) in [5.41, 5.74) is 1.66. The third-order valence-electron chi connectivity index (χ3n) is 4.68. The molecular weight excluding hydrogens is 406 g/mol. The first kappa shape index (κ1) is 20.3. The van der Waals surface area contributed by atoms with E-state index >= 15 is 0 Å². The monoisotopic (exact) mass is 425 g/mol. The van der Waals surface area contributed by atoms with Crippen molar-refractivity contribution in [2.24, 2.45) is 0 Å². The second-order valence-electron chi connectivity index (χ2n) is 6.71. The molecule has 9 nitrogen and oxygen atoms in total. The number of rotatable bonds is 7. The first-order valence-electron chi connectivity index (χ1n) is 9.41. The third kappa shape index (κ3) is 3.77. The van der Waals surface area contributed by atoms with Gasteiger partial charge in [0.15, 0.2) is 11.5 Å². The zero-order chi connectivity index (χ0) is 22.0. The maximum absolute atomic E-state index is 11.9. The van der Waals surface area contributed by atoms with Crippen LogP contribution in [-0.4, -0.2) is 41.5 Å². The van der Waals surface area contributed by atoms with E-state index in [-0.39, 0.29) is 11.5 Å². The van der Waals surface area contributed by atoms with E-state index in [0.29, 0.717) is 30.4 Å². The second-order valence-corrected chi connectivity index (χ2v) is 6.71. The Kier molecular flexibility index (Phi) is 5.24. The van der Waals surface area contributed by atoms with Gasteiger partial charge >= 0.3 is 17.7 Å². The summed E-state index contributed by atoms with van der Waals surface area (Å²) in [4.78, 5) is 28.0. The molecule has 1 N–H and O–H groups in total. The number of carboxylic acid groups (broad SMARTS) is 1. The van der Waals surface area contributed by atoms with E-state index in [1.54, 1.807) is 6.07 Å². The number of aliphatic carboxylic acids is 1. The van der Waals surface area contributed by atoms with Crippen molar-refractivity contribution in [3.63, 3.8) is 0 Å². The first-order valence-corrected chi connectivity index (χ1v) is 9.41. The van der Waals surface area contributed by atoms with E-state index in [9.17, 15) is 14.7 Å². The number of carbonyl (C=O) groups is 2. The summed E-state index contributed by atoms with van der Waals surface area (Å²) >= 11 is 0. The normalized spacial score (nSPS) is 16.7. The predicted molar refractivity (Wildman–Crippen MR) is 106 cm³/mol. The minimum absolute atomic E-state index is 0.0641. The van der Waals surface area contributed by atoms with Crippen molar-refractivity contribution in [3.8, 4) is 28.7 Å². The summed E-state index contributed by atoms with van der Waals surface area (Å²) in [5.74, 6) is -3.53. The van der Waals surface area contributed by atoms with Gasteiger partial charge in [-0.15, -0.1) is 0 Å². The van der Waals surface area contributed by atoms with Crippen LogP contribution in [-0.2, 0) is 20.7 Å². The lowest BCUT2D eigenvalue weighted by Crippen LogP contribution is -2.54. The summed E-state index contributed by atoms with van der Waals surface area (Å²) < 4.78 is 26.5. The van der Waals surface area contributed by atoms with Crippen LogP contribution in [0.2, 0.25) is 0 Å². The topological polar surface area (TPSA) is 117 Å². The molecule has 1 aliphatic rings. The van der Waals surface area contributed by atoms with Gasteiger partial charge in [0.1, 0.15) is 11.5 Å². The fourth-order valence-electron chi connectivity index (χ4n) is 3.09. The molecule has 2 aromatic carbocycles. The van der Waals surface area contributed by atoms with Gasteiger partial charge in [-0.2, -0.15) is 0 Å². The molecule has 0 saturated carbocycles. The van der Waals surface area contributed by atoms with Crippen LogP contribution in [0.15, 0.2) is 52.9 Å². The molecule has 1 atom stereocenters. The smallest absolute Gasteiger partial charge is 0.453 e. The van der Waals surface area contributed by atoms with Crippen LogP contribution in [0.4, 0.5) is 0 Å². The zero-order valence-corrected chi connectivity index (χ0v) is 16.8. The molecule has 1 aliphatic heterocycles. The van der Waals surface area contributed by atoms with E-state index in [1.165, 1.54) is 12.1 Å². The number of carbonyl (C=O) groups excluding carboxylic acids is 1. The number of carboxylic acids is 1. The third-order valence-corrected chi connectivity index (χ3v) is 4.68. The van der Waals surface area contributed by atoms with Gasteiger partial charge in [0.25, 0.3) is 0 Å². The molecule has 0 fully saturated rings. The lowest BCUT2D eigenvalue weighted by Gasteiger charge is -2.19. The van der Waals surface area contributed by atoms with Crippen LogP contribution >= 0.6 is 0 Å². The molecule has 0 radical (unpaired) electrons.